The minimum absolute atomic E-state index is 0.185. The fourth-order valence-corrected chi connectivity index (χ4v) is 3.20. The predicted molar refractivity (Wildman–Crippen MR) is 112 cm³/mol. The Balaban J connectivity index is 1.60. The molecule has 0 spiro atoms. The van der Waals surface area contributed by atoms with Crippen LogP contribution in [0, 0.1) is 11.6 Å². The Morgan fingerprint density at radius 1 is 0.935 bits per heavy atom. The molecule has 0 radical (unpaired) electrons. The average Bonchev–Trinajstić information content (AvgIpc) is 3.30. The van der Waals surface area contributed by atoms with Crippen molar-refractivity contribution in [1.29, 1.82) is 0 Å². The van der Waals surface area contributed by atoms with Gasteiger partial charge in [0.05, 0.1) is 11.1 Å². The van der Waals surface area contributed by atoms with E-state index in [-0.39, 0.29) is 11.1 Å². The molecule has 0 atom stereocenters. The van der Waals surface area contributed by atoms with Gasteiger partial charge in [-0.25, -0.2) is 13.6 Å². The third-order valence-electron chi connectivity index (χ3n) is 3.96. The highest BCUT2D eigenvalue weighted by atomic mass is 32.1. The summed E-state index contributed by atoms with van der Waals surface area (Å²) < 4.78 is 31.7. The van der Waals surface area contributed by atoms with Crippen molar-refractivity contribution in [2.24, 2.45) is 0 Å². The Morgan fingerprint density at radius 3 is 2.35 bits per heavy atom. The Morgan fingerprint density at radius 2 is 1.68 bits per heavy atom. The standard InChI is InChI=1S/C22H16F2N2O4S/c23-15-9-7-14(8-10-15)12-17(19-6-3-11-31-19)22(29)30-13-20(27)25-26-21(28)16-4-1-2-5-18(16)24/h1-12H,13H2,(H,25,27)(H,26,28). The molecular weight excluding hydrogens is 426 g/mol. The molecule has 31 heavy (non-hydrogen) atoms. The maximum Gasteiger partial charge on any atom is 0.340 e. The predicted octanol–water partition coefficient (Wildman–Crippen LogP) is 3.57. The van der Waals surface area contributed by atoms with Crippen molar-refractivity contribution in [3.05, 3.63) is 93.7 Å². The Kier molecular flexibility index (Phi) is 7.23. The molecule has 0 saturated carbocycles. The lowest BCUT2D eigenvalue weighted by molar-refractivity contribution is -0.143. The quantitative estimate of drug-likeness (QED) is 0.347. The van der Waals surface area contributed by atoms with Gasteiger partial charge in [-0.3, -0.25) is 20.4 Å². The summed E-state index contributed by atoms with van der Waals surface area (Å²) >= 11 is 1.29. The molecule has 0 saturated heterocycles. The monoisotopic (exact) mass is 442 g/mol. The number of benzene rings is 2. The number of carbonyl (C=O) groups is 3. The Hall–Kier alpha value is -3.85. The minimum atomic E-state index is -0.853. The lowest BCUT2D eigenvalue weighted by atomic mass is 10.1. The molecule has 2 amide bonds. The van der Waals surface area contributed by atoms with E-state index in [9.17, 15) is 23.2 Å². The SMILES string of the molecule is O=C(COC(=O)C(=Cc1ccc(F)cc1)c1cccs1)NNC(=O)c1ccccc1F. The summed E-state index contributed by atoms with van der Waals surface area (Å²) in [6.07, 6.45) is 1.52. The highest BCUT2D eigenvalue weighted by Gasteiger charge is 2.17. The molecule has 0 aliphatic heterocycles. The van der Waals surface area contributed by atoms with E-state index in [1.54, 1.807) is 17.5 Å². The van der Waals surface area contributed by atoms with Crippen molar-refractivity contribution in [2.75, 3.05) is 6.61 Å². The Bertz CT molecular complexity index is 1110. The van der Waals surface area contributed by atoms with E-state index in [0.29, 0.717) is 10.4 Å². The molecule has 9 heteroatoms. The molecule has 0 aliphatic rings. The summed E-state index contributed by atoms with van der Waals surface area (Å²) in [5, 5.41) is 1.77. The molecule has 6 nitrogen and oxygen atoms in total. The fourth-order valence-electron chi connectivity index (χ4n) is 2.47. The van der Waals surface area contributed by atoms with Gasteiger partial charge >= 0.3 is 5.97 Å². The number of hydrazine groups is 1. The van der Waals surface area contributed by atoms with Gasteiger partial charge in [0.2, 0.25) is 0 Å². The van der Waals surface area contributed by atoms with Gasteiger partial charge in [-0.05, 0) is 47.4 Å². The lowest BCUT2D eigenvalue weighted by Gasteiger charge is -2.10. The molecule has 1 heterocycles. The third-order valence-corrected chi connectivity index (χ3v) is 4.86. The van der Waals surface area contributed by atoms with E-state index in [2.05, 4.69) is 5.43 Å². The number of amides is 2. The van der Waals surface area contributed by atoms with Gasteiger partial charge in [0.25, 0.3) is 11.8 Å². The van der Waals surface area contributed by atoms with Crippen LogP contribution in [0.1, 0.15) is 20.8 Å². The molecule has 2 N–H and O–H groups in total. The molecular formula is C22H16F2N2O4S. The maximum atomic E-state index is 13.6. The van der Waals surface area contributed by atoms with Crippen LogP contribution >= 0.6 is 11.3 Å². The molecule has 0 fully saturated rings. The van der Waals surface area contributed by atoms with Crippen LogP contribution in [0.15, 0.2) is 66.0 Å². The maximum absolute atomic E-state index is 13.6. The lowest BCUT2D eigenvalue weighted by Crippen LogP contribution is -2.43. The van der Waals surface area contributed by atoms with Crippen molar-refractivity contribution in [3.8, 4) is 0 Å². The van der Waals surface area contributed by atoms with Gasteiger partial charge in [0.1, 0.15) is 11.6 Å². The number of hydrogen-bond donors (Lipinski definition) is 2. The molecule has 3 aromatic rings. The van der Waals surface area contributed by atoms with Gasteiger partial charge in [0.15, 0.2) is 6.61 Å². The Labute approximate surface area is 180 Å². The summed E-state index contributed by atoms with van der Waals surface area (Å²) in [5.74, 6) is -3.60. The summed E-state index contributed by atoms with van der Waals surface area (Å²) in [6, 6.07) is 14.2. The first-order chi connectivity index (χ1) is 14.9. The third kappa shape index (κ3) is 6.06. The highest BCUT2D eigenvalue weighted by Crippen LogP contribution is 2.24. The van der Waals surface area contributed by atoms with Crippen LogP contribution in [0.25, 0.3) is 11.6 Å². The van der Waals surface area contributed by atoms with Gasteiger partial charge in [0, 0.05) is 4.88 Å². The van der Waals surface area contributed by atoms with Crippen molar-refractivity contribution in [3.63, 3.8) is 0 Å². The van der Waals surface area contributed by atoms with Crippen molar-refractivity contribution in [2.45, 2.75) is 0 Å². The average molecular weight is 442 g/mol. The number of esters is 1. The number of hydrogen-bond acceptors (Lipinski definition) is 5. The first kappa shape index (κ1) is 21.8. The summed E-state index contributed by atoms with van der Waals surface area (Å²) in [4.78, 5) is 37.0. The molecule has 0 bridgehead atoms. The van der Waals surface area contributed by atoms with Crippen LogP contribution < -0.4 is 10.9 Å². The highest BCUT2D eigenvalue weighted by molar-refractivity contribution is 7.11. The van der Waals surface area contributed by atoms with E-state index < -0.39 is 36.0 Å². The van der Waals surface area contributed by atoms with E-state index in [1.807, 2.05) is 5.43 Å². The number of nitrogens with one attached hydrogen (secondary N) is 2. The zero-order valence-electron chi connectivity index (χ0n) is 15.9. The number of halogens is 2. The summed E-state index contributed by atoms with van der Waals surface area (Å²) in [5.41, 5.74) is 4.61. The van der Waals surface area contributed by atoms with Crippen LogP contribution in [0.5, 0.6) is 0 Å². The molecule has 3 rings (SSSR count). The number of thiophene rings is 1. The smallest absolute Gasteiger partial charge is 0.340 e. The zero-order valence-corrected chi connectivity index (χ0v) is 16.7. The van der Waals surface area contributed by atoms with Gasteiger partial charge < -0.3 is 4.74 Å². The van der Waals surface area contributed by atoms with E-state index in [4.69, 9.17) is 4.74 Å². The summed E-state index contributed by atoms with van der Waals surface area (Å²) in [6.45, 7) is -0.678. The molecule has 2 aromatic carbocycles. The van der Waals surface area contributed by atoms with Crippen molar-refractivity contribution >= 4 is 40.8 Å². The first-order valence-electron chi connectivity index (χ1n) is 8.96. The largest absolute Gasteiger partial charge is 0.452 e. The second-order valence-corrected chi connectivity index (χ2v) is 7.09. The number of ether oxygens (including phenoxy) is 1. The second kappa shape index (κ2) is 10.3. The molecule has 0 aliphatic carbocycles. The van der Waals surface area contributed by atoms with Crippen LogP contribution in [0.4, 0.5) is 8.78 Å². The van der Waals surface area contributed by atoms with Crippen LogP contribution in [-0.2, 0) is 14.3 Å². The zero-order chi connectivity index (χ0) is 22.2. The number of rotatable bonds is 6. The number of carbonyl (C=O) groups excluding carboxylic acids is 3. The first-order valence-corrected chi connectivity index (χ1v) is 9.84. The van der Waals surface area contributed by atoms with E-state index in [0.717, 1.165) is 6.07 Å². The molecule has 1 aromatic heterocycles. The van der Waals surface area contributed by atoms with Crippen LogP contribution in [0.3, 0.4) is 0 Å². The van der Waals surface area contributed by atoms with Crippen LogP contribution in [0.2, 0.25) is 0 Å². The van der Waals surface area contributed by atoms with Crippen LogP contribution in [-0.4, -0.2) is 24.4 Å². The van der Waals surface area contributed by atoms with Gasteiger partial charge in [-0.1, -0.05) is 30.3 Å². The van der Waals surface area contributed by atoms with Crippen molar-refractivity contribution in [1.82, 2.24) is 10.9 Å². The minimum Gasteiger partial charge on any atom is -0.452 e. The van der Waals surface area contributed by atoms with Gasteiger partial charge in [-0.15, -0.1) is 11.3 Å². The van der Waals surface area contributed by atoms with Crippen molar-refractivity contribution < 1.29 is 27.9 Å². The fraction of sp³-hybridized carbons (Fsp3) is 0.0455. The van der Waals surface area contributed by atoms with Gasteiger partial charge in [-0.2, -0.15) is 0 Å². The second-order valence-electron chi connectivity index (χ2n) is 6.15. The summed E-state index contributed by atoms with van der Waals surface area (Å²) in [7, 11) is 0. The normalized spacial score (nSPS) is 11.0. The molecule has 0 unspecified atom stereocenters. The van der Waals surface area contributed by atoms with E-state index in [1.165, 1.54) is 59.9 Å². The van der Waals surface area contributed by atoms with E-state index >= 15 is 0 Å². The molecule has 158 valence electrons. The topological polar surface area (TPSA) is 84.5 Å².